The number of aromatic nitrogens is 4. The summed E-state index contributed by atoms with van der Waals surface area (Å²) in [7, 11) is 0. The van der Waals surface area contributed by atoms with Gasteiger partial charge in [-0.3, -0.25) is 0 Å². The summed E-state index contributed by atoms with van der Waals surface area (Å²) < 4.78 is 0. The van der Waals surface area contributed by atoms with E-state index in [1.165, 1.54) is 19.3 Å². The molecule has 7 heteroatoms. The van der Waals surface area contributed by atoms with Crippen LogP contribution in [-0.4, -0.2) is 50.7 Å². The topological polar surface area (TPSA) is 86.8 Å². The zero-order chi connectivity index (χ0) is 13.8. The van der Waals surface area contributed by atoms with E-state index in [4.69, 9.17) is 0 Å². The summed E-state index contributed by atoms with van der Waals surface area (Å²) in [5.41, 5.74) is 0. The number of nitrogens with zero attached hydrogens (tertiary/aromatic N) is 4. The quantitative estimate of drug-likeness (QED) is 0.856. The van der Waals surface area contributed by atoms with Crippen molar-refractivity contribution in [1.82, 2.24) is 30.8 Å². The Bertz CT molecular complexity index is 428. The second kappa shape index (κ2) is 6.19. The van der Waals surface area contributed by atoms with Crippen LogP contribution in [0.5, 0.6) is 0 Å². The Hall–Kier alpha value is -1.66. The van der Waals surface area contributed by atoms with Gasteiger partial charge in [-0.25, -0.2) is 4.79 Å². The molecule has 0 bridgehead atoms. The first-order chi connectivity index (χ1) is 9.83. The van der Waals surface area contributed by atoms with Crippen molar-refractivity contribution in [2.24, 2.45) is 0 Å². The number of hydrogen-bond donors (Lipinski definition) is 2. The number of urea groups is 1. The molecule has 3 rings (SSSR count). The van der Waals surface area contributed by atoms with Crippen molar-refractivity contribution in [2.75, 3.05) is 13.1 Å². The molecule has 110 valence electrons. The SMILES string of the molecule is O=C(NC1CCCCC1)N1CCCC(c2nn[nH]n2)C1. The van der Waals surface area contributed by atoms with Gasteiger partial charge in [-0.15, -0.1) is 10.2 Å². The van der Waals surface area contributed by atoms with Crippen molar-refractivity contribution in [3.63, 3.8) is 0 Å². The maximum atomic E-state index is 12.3. The van der Waals surface area contributed by atoms with Crippen LogP contribution in [0, 0.1) is 0 Å². The molecule has 20 heavy (non-hydrogen) atoms. The Morgan fingerprint density at radius 2 is 2.05 bits per heavy atom. The summed E-state index contributed by atoms with van der Waals surface area (Å²) in [6.45, 7) is 1.52. The van der Waals surface area contributed by atoms with Crippen molar-refractivity contribution >= 4 is 6.03 Å². The normalized spacial score (nSPS) is 24.6. The molecule has 1 aliphatic carbocycles. The Morgan fingerprint density at radius 3 is 2.80 bits per heavy atom. The third-order valence-corrected chi connectivity index (χ3v) is 4.37. The zero-order valence-electron chi connectivity index (χ0n) is 11.7. The molecule has 7 nitrogen and oxygen atoms in total. The van der Waals surface area contributed by atoms with Crippen molar-refractivity contribution in [3.05, 3.63) is 5.82 Å². The van der Waals surface area contributed by atoms with E-state index in [9.17, 15) is 4.79 Å². The minimum Gasteiger partial charge on any atom is -0.335 e. The van der Waals surface area contributed by atoms with Crippen LogP contribution >= 0.6 is 0 Å². The number of amides is 2. The first kappa shape index (κ1) is 13.3. The Kier molecular flexibility index (Phi) is 4.13. The van der Waals surface area contributed by atoms with Crippen LogP contribution in [0.1, 0.15) is 56.7 Å². The van der Waals surface area contributed by atoms with Crippen LogP contribution in [0.4, 0.5) is 4.79 Å². The monoisotopic (exact) mass is 278 g/mol. The highest BCUT2D eigenvalue weighted by molar-refractivity contribution is 5.74. The van der Waals surface area contributed by atoms with Gasteiger partial charge in [0.05, 0.1) is 0 Å². The second-order valence-electron chi connectivity index (χ2n) is 5.84. The van der Waals surface area contributed by atoms with Crippen LogP contribution in [0.15, 0.2) is 0 Å². The molecule has 1 saturated heterocycles. The van der Waals surface area contributed by atoms with Crippen molar-refractivity contribution < 1.29 is 4.79 Å². The van der Waals surface area contributed by atoms with Crippen molar-refractivity contribution in [3.8, 4) is 0 Å². The van der Waals surface area contributed by atoms with Crippen LogP contribution < -0.4 is 5.32 Å². The molecule has 1 unspecified atom stereocenters. The van der Waals surface area contributed by atoms with Gasteiger partial charge >= 0.3 is 6.03 Å². The number of tetrazole rings is 1. The molecule has 0 radical (unpaired) electrons. The number of hydrogen-bond acceptors (Lipinski definition) is 4. The van der Waals surface area contributed by atoms with E-state index < -0.39 is 0 Å². The first-order valence-corrected chi connectivity index (χ1v) is 7.61. The number of likely N-dealkylation sites (tertiary alicyclic amines) is 1. The summed E-state index contributed by atoms with van der Waals surface area (Å²) in [6.07, 6.45) is 8.02. The molecule has 1 aromatic heterocycles. The molecule has 1 aromatic rings. The molecule has 2 aliphatic rings. The molecule has 1 saturated carbocycles. The summed E-state index contributed by atoms with van der Waals surface area (Å²) in [6, 6.07) is 0.437. The molecular formula is C13H22N6O. The molecule has 2 amide bonds. The summed E-state index contributed by atoms with van der Waals surface area (Å²) in [4.78, 5) is 14.2. The molecule has 1 aliphatic heterocycles. The van der Waals surface area contributed by atoms with Crippen molar-refractivity contribution in [2.45, 2.75) is 56.9 Å². The third kappa shape index (κ3) is 3.08. The fourth-order valence-electron chi connectivity index (χ4n) is 3.23. The van der Waals surface area contributed by atoms with Crippen LogP contribution in [0.25, 0.3) is 0 Å². The number of nitrogens with one attached hydrogen (secondary N) is 2. The fourth-order valence-corrected chi connectivity index (χ4v) is 3.23. The minimum absolute atomic E-state index is 0.0742. The number of rotatable bonds is 2. The smallest absolute Gasteiger partial charge is 0.317 e. The van der Waals surface area contributed by atoms with E-state index >= 15 is 0 Å². The summed E-state index contributed by atoms with van der Waals surface area (Å²) >= 11 is 0. The molecule has 2 N–H and O–H groups in total. The predicted octanol–water partition coefficient (Wildman–Crippen LogP) is 1.42. The van der Waals surface area contributed by atoms with Crippen LogP contribution in [-0.2, 0) is 0 Å². The lowest BCUT2D eigenvalue weighted by atomic mass is 9.95. The molecule has 0 aromatic carbocycles. The Labute approximate surface area is 118 Å². The first-order valence-electron chi connectivity index (χ1n) is 7.61. The lowest BCUT2D eigenvalue weighted by Crippen LogP contribution is -2.48. The maximum Gasteiger partial charge on any atom is 0.317 e. The van der Waals surface area contributed by atoms with Crippen LogP contribution in [0.2, 0.25) is 0 Å². The number of carbonyl (C=O) groups excluding carboxylic acids is 1. The predicted molar refractivity (Wildman–Crippen MR) is 73.1 cm³/mol. The summed E-state index contributed by atoms with van der Waals surface area (Å²) in [5, 5.41) is 17.4. The molecule has 2 fully saturated rings. The zero-order valence-corrected chi connectivity index (χ0v) is 11.7. The molecule has 0 spiro atoms. The van der Waals surface area contributed by atoms with Crippen molar-refractivity contribution in [1.29, 1.82) is 0 Å². The number of piperidine rings is 1. The maximum absolute atomic E-state index is 12.3. The highest BCUT2D eigenvalue weighted by atomic mass is 16.2. The number of carbonyl (C=O) groups is 1. The van der Waals surface area contributed by atoms with Gasteiger partial charge in [0, 0.05) is 25.0 Å². The van der Waals surface area contributed by atoms with E-state index in [0.29, 0.717) is 12.6 Å². The van der Waals surface area contributed by atoms with Gasteiger partial charge in [-0.1, -0.05) is 24.5 Å². The average Bonchev–Trinajstić information content (AvgIpc) is 3.03. The Morgan fingerprint density at radius 1 is 1.20 bits per heavy atom. The van der Waals surface area contributed by atoms with Gasteiger partial charge in [0.15, 0.2) is 5.82 Å². The van der Waals surface area contributed by atoms with Gasteiger partial charge in [-0.2, -0.15) is 5.21 Å². The average molecular weight is 278 g/mol. The largest absolute Gasteiger partial charge is 0.335 e. The van der Waals surface area contributed by atoms with E-state index in [0.717, 1.165) is 38.1 Å². The standard InChI is InChI=1S/C13H22N6O/c20-13(14-11-6-2-1-3-7-11)19-8-4-5-10(9-19)12-15-17-18-16-12/h10-11H,1-9H2,(H,14,20)(H,15,16,17,18). The van der Waals surface area contributed by atoms with Gasteiger partial charge in [0.25, 0.3) is 0 Å². The van der Waals surface area contributed by atoms with Crippen LogP contribution in [0.3, 0.4) is 0 Å². The van der Waals surface area contributed by atoms with E-state index in [1.54, 1.807) is 0 Å². The number of aromatic amines is 1. The summed E-state index contributed by atoms with van der Waals surface area (Å²) in [5.74, 6) is 0.930. The molecular weight excluding hydrogens is 256 g/mol. The number of H-pyrrole nitrogens is 1. The van der Waals surface area contributed by atoms with E-state index in [1.807, 2.05) is 4.90 Å². The third-order valence-electron chi connectivity index (χ3n) is 4.37. The lowest BCUT2D eigenvalue weighted by Gasteiger charge is -2.33. The highest BCUT2D eigenvalue weighted by Gasteiger charge is 2.28. The Balaban J connectivity index is 1.54. The van der Waals surface area contributed by atoms with E-state index in [2.05, 4.69) is 25.9 Å². The van der Waals surface area contributed by atoms with Gasteiger partial charge < -0.3 is 10.2 Å². The fraction of sp³-hybridized carbons (Fsp3) is 0.846. The highest BCUT2D eigenvalue weighted by Crippen LogP contribution is 2.24. The minimum atomic E-state index is 0.0742. The lowest BCUT2D eigenvalue weighted by molar-refractivity contribution is 0.171. The molecule has 2 heterocycles. The van der Waals surface area contributed by atoms with Gasteiger partial charge in [-0.05, 0) is 25.7 Å². The van der Waals surface area contributed by atoms with Gasteiger partial charge in [0.2, 0.25) is 0 Å². The van der Waals surface area contributed by atoms with E-state index in [-0.39, 0.29) is 11.9 Å². The molecule has 1 atom stereocenters. The second-order valence-corrected chi connectivity index (χ2v) is 5.84. The van der Waals surface area contributed by atoms with Gasteiger partial charge in [0.1, 0.15) is 0 Å².